The molecule has 0 spiro atoms. The van der Waals surface area contributed by atoms with Gasteiger partial charge in [0.1, 0.15) is 5.75 Å². The summed E-state index contributed by atoms with van der Waals surface area (Å²) in [5, 5.41) is 0. The molecule has 4 aromatic rings. The summed E-state index contributed by atoms with van der Waals surface area (Å²) >= 11 is 0. The van der Waals surface area contributed by atoms with Crippen molar-refractivity contribution in [1.82, 2.24) is 4.90 Å². The van der Waals surface area contributed by atoms with E-state index < -0.39 is 0 Å². The number of ether oxygens (including phenoxy) is 1. The summed E-state index contributed by atoms with van der Waals surface area (Å²) in [5.41, 5.74) is 3.96. The average Bonchev–Trinajstić information content (AvgIpc) is 3.18. The molecule has 0 unspecified atom stereocenters. The van der Waals surface area contributed by atoms with E-state index in [2.05, 4.69) is 0 Å². The second kappa shape index (κ2) is 9.88. The van der Waals surface area contributed by atoms with Gasteiger partial charge in [-0.2, -0.15) is 0 Å². The maximum absolute atomic E-state index is 13.7. The Balaban J connectivity index is 1.42. The highest BCUT2D eigenvalue weighted by Gasteiger charge is 2.35. The van der Waals surface area contributed by atoms with E-state index in [0.717, 1.165) is 11.1 Å². The number of carbonyl (C=O) groups is 3. The van der Waals surface area contributed by atoms with Gasteiger partial charge in [-0.25, -0.2) is 0 Å². The fraction of sp³-hybridized carbons (Fsp3) is 0.100. The molecule has 3 amide bonds. The van der Waals surface area contributed by atoms with Crippen molar-refractivity contribution in [1.29, 1.82) is 0 Å². The van der Waals surface area contributed by atoms with E-state index in [1.807, 2.05) is 42.5 Å². The lowest BCUT2D eigenvalue weighted by molar-refractivity contribution is 0.0654. The minimum Gasteiger partial charge on any atom is -0.497 e. The normalized spacial score (nSPS) is 12.4. The lowest BCUT2D eigenvalue weighted by Crippen LogP contribution is -2.41. The first-order valence-electron chi connectivity index (χ1n) is 11.6. The van der Waals surface area contributed by atoms with Gasteiger partial charge in [0, 0.05) is 30.4 Å². The highest BCUT2D eigenvalue weighted by molar-refractivity contribution is 6.21. The van der Waals surface area contributed by atoms with E-state index >= 15 is 0 Å². The number of imide groups is 1. The summed E-state index contributed by atoms with van der Waals surface area (Å²) in [6.07, 6.45) is 0. The lowest BCUT2D eigenvalue weighted by atomic mass is 10.0. The Hall–Kier alpha value is -4.71. The molecule has 1 heterocycles. The third-order valence-electron chi connectivity index (χ3n) is 6.27. The third-order valence-corrected chi connectivity index (χ3v) is 6.27. The highest BCUT2D eigenvalue weighted by Crippen LogP contribution is 2.26. The maximum atomic E-state index is 13.7. The van der Waals surface area contributed by atoms with Crippen LogP contribution in [0.25, 0.3) is 11.1 Å². The second-order valence-corrected chi connectivity index (χ2v) is 8.41. The van der Waals surface area contributed by atoms with Crippen LogP contribution in [0.1, 0.15) is 31.1 Å². The van der Waals surface area contributed by atoms with E-state index in [-0.39, 0.29) is 30.8 Å². The van der Waals surface area contributed by atoms with Gasteiger partial charge in [0.15, 0.2) is 0 Å². The number of hydrogen-bond donors (Lipinski definition) is 0. The van der Waals surface area contributed by atoms with E-state index in [9.17, 15) is 14.4 Å². The zero-order valence-corrected chi connectivity index (χ0v) is 19.8. The van der Waals surface area contributed by atoms with Gasteiger partial charge in [-0.05, 0) is 47.5 Å². The molecule has 5 rings (SSSR count). The van der Waals surface area contributed by atoms with Crippen molar-refractivity contribution in [2.24, 2.45) is 0 Å². The van der Waals surface area contributed by atoms with Crippen LogP contribution in [0.4, 0.5) is 5.69 Å². The molecule has 0 bridgehead atoms. The van der Waals surface area contributed by atoms with E-state index in [1.54, 1.807) is 72.7 Å². The van der Waals surface area contributed by atoms with Crippen LogP contribution in [0.15, 0.2) is 103 Å². The lowest BCUT2D eigenvalue weighted by Gasteiger charge is -2.25. The van der Waals surface area contributed by atoms with Crippen molar-refractivity contribution < 1.29 is 19.1 Å². The highest BCUT2D eigenvalue weighted by atomic mass is 16.5. The number of hydrogen-bond acceptors (Lipinski definition) is 4. The first-order chi connectivity index (χ1) is 17.6. The molecular weight excluding hydrogens is 452 g/mol. The van der Waals surface area contributed by atoms with Gasteiger partial charge in [-0.15, -0.1) is 0 Å². The zero-order chi connectivity index (χ0) is 25.1. The Bertz CT molecular complexity index is 1400. The molecule has 178 valence electrons. The van der Waals surface area contributed by atoms with Crippen LogP contribution >= 0.6 is 0 Å². The van der Waals surface area contributed by atoms with Crippen molar-refractivity contribution in [2.45, 2.75) is 0 Å². The maximum Gasteiger partial charge on any atom is 0.261 e. The predicted molar refractivity (Wildman–Crippen MR) is 138 cm³/mol. The van der Waals surface area contributed by atoms with Gasteiger partial charge in [0.05, 0.1) is 18.2 Å². The van der Waals surface area contributed by atoms with E-state index in [0.29, 0.717) is 28.1 Å². The van der Waals surface area contributed by atoms with Gasteiger partial charge in [-0.1, -0.05) is 60.7 Å². The Morgan fingerprint density at radius 2 is 1.36 bits per heavy atom. The molecule has 4 aromatic carbocycles. The number of anilines is 1. The Morgan fingerprint density at radius 3 is 2.00 bits per heavy atom. The topological polar surface area (TPSA) is 66.9 Å². The number of fused-ring (bicyclic) bond motifs is 1. The molecular formula is C30H24N2O4. The molecule has 0 fully saturated rings. The van der Waals surface area contributed by atoms with E-state index in [1.165, 1.54) is 4.90 Å². The number of amides is 3. The van der Waals surface area contributed by atoms with Gasteiger partial charge < -0.3 is 9.64 Å². The number of methoxy groups -OCH3 is 1. The monoisotopic (exact) mass is 476 g/mol. The summed E-state index contributed by atoms with van der Waals surface area (Å²) in [6.45, 7) is 0.204. The molecule has 1 aliphatic heterocycles. The van der Waals surface area contributed by atoms with Crippen molar-refractivity contribution in [2.75, 3.05) is 25.1 Å². The molecule has 0 saturated heterocycles. The molecule has 1 aliphatic rings. The average molecular weight is 477 g/mol. The smallest absolute Gasteiger partial charge is 0.261 e. The molecule has 0 atom stereocenters. The molecule has 0 saturated carbocycles. The first kappa shape index (κ1) is 23.1. The second-order valence-electron chi connectivity index (χ2n) is 8.41. The summed E-state index contributed by atoms with van der Waals surface area (Å²) in [4.78, 5) is 42.1. The van der Waals surface area contributed by atoms with Gasteiger partial charge in [0.25, 0.3) is 17.7 Å². The fourth-order valence-corrected chi connectivity index (χ4v) is 4.36. The molecule has 0 aromatic heterocycles. The molecule has 0 radical (unpaired) electrons. The minimum absolute atomic E-state index is 0.0669. The molecule has 0 N–H and O–H groups in total. The Labute approximate surface area is 209 Å². The molecule has 6 heteroatoms. The number of rotatable bonds is 7. The molecule has 36 heavy (non-hydrogen) atoms. The predicted octanol–water partition coefficient (Wildman–Crippen LogP) is 5.31. The third kappa shape index (κ3) is 4.36. The summed E-state index contributed by atoms with van der Waals surface area (Å²) in [5.74, 6) is -0.327. The number of benzene rings is 4. The molecule has 6 nitrogen and oxygen atoms in total. The van der Waals surface area contributed by atoms with Gasteiger partial charge in [0.2, 0.25) is 0 Å². The summed E-state index contributed by atoms with van der Waals surface area (Å²) in [6, 6.07) is 31.3. The van der Waals surface area contributed by atoms with E-state index in [4.69, 9.17) is 4.74 Å². The van der Waals surface area contributed by atoms with Crippen LogP contribution < -0.4 is 9.64 Å². The van der Waals surface area contributed by atoms with Gasteiger partial charge in [-0.3, -0.25) is 19.3 Å². The largest absolute Gasteiger partial charge is 0.497 e. The van der Waals surface area contributed by atoms with Crippen molar-refractivity contribution in [3.05, 3.63) is 120 Å². The van der Waals surface area contributed by atoms with Crippen molar-refractivity contribution >= 4 is 23.4 Å². The van der Waals surface area contributed by atoms with Crippen LogP contribution in [-0.2, 0) is 0 Å². The standard InChI is InChI=1S/C30H24N2O4/c1-36-25-11-7-10-24(20-25)31(18-19-32-29(34)26-12-5-6-13-27(26)30(32)35)28(33)23-16-14-22(15-17-23)21-8-3-2-4-9-21/h2-17,20H,18-19H2,1H3. The minimum atomic E-state index is -0.346. The Morgan fingerprint density at radius 1 is 0.750 bits per heavy atom. The van der Waals surface area contributed by atoms with Gasteiger partial charge >= 0.3 is 0 Å². The molecule has 0 aliphatic carbocycles. The fourth-order valence-electron chi connectivity index (χ4n) is 4.36. The van der Waals surface area contributed by atoms with Crippen LogP contribution in [0.3, 0.4) is 0 Å². The summed E-state index contributed by atoms with van der Waals surface area (Å²) < 4.78 is 5.35. The number of nitrogens with zero attached hydrogens (tertiary/aromatic N) is 2. The first-order valence-corrected chi connectivity index (χ1v) is 11.6. The van der Waals surface area contributed by atoms with Crippen LogP contribution in [0, 0.1) is 0 Å². The Kier molecular flexibility index (Phi) is 6.33. The van der Waals surface area contributed by atoms with Crippen LogP contribution in [-0.4, -0.2) is 42.8 Å². The quantitative estimate of drug-likeness (QED) is 0.339. The SMILES string of the molecule is COc1cccc(N(CCN2C(=O)c3ccccc3C2=O)C(=O)c2ccc(-c3ccccc3)cc2)c1. The number of carbonyl (C=O) groups excluding carboxylic acids is 3. The van der Waals surface area contributed by atoms with Crippen molar-refractivity contribution in [3.63, 3.8) is 0 Å². The summed E-state index contributed by atoms with van der Waals surface area (Å²) in [7, 11) is 1.56. The van der Waals surface area contributed by atoms with Crippen LogP contribution in [0.5, 0.6) is 5.75 Å². The zero-order valence-electron chi connectivity index (χ0n) is 19.8. The van der Waals surface area contributed by atoms with Crippen molar-refractivity contribution in [3.8, 4) is 16.9 Å². The van der Waals surface area contributed by atoms with Crippen LogP contribution in [0.2, 0.25) is 0 Å².